The summed E-state index contributed by atoms with van der Waals surface area (Å²) in [5.41, 5.74) is 1.66. The van der Waals surface area contributed by atoms with Crippen molar-refractivity contribution in [3.8, 4) is 0 Å². The summed E-state index contributed by atoms with van der Waals surface area (Å²) in [5, 5.41) is 0. The van der Waals surface area contributed by atoms with Crippen LogP contribution in [-0.2, 0) is 0 Å². The lowest BCUT2D eigenvalue weighted by Gasteiger charge is -2.29. The fraction of sp³-hybridized carbons (Fsp3) is 0.438. The lowest BCUT2D eigenvalue weighted by Crippen LogP contribution is -2.24. The van der Waals surface area contributed by atoms with Gasteiger partial charge in [0.15, 0.2) is 0 Å². The third-order valence-electron chi connectivity index (χ3n) is 3.91. The van der Waals surface area contributed by atoms with E-state index in [2.05, 4.69) is 11.7 Å². The maximum Gasteiger partial charge on any atom is 0.131 e. The maximum atomic E-state index is 13.8. The van der Waals surface area contributed by atoms with Crippen LogP contribution in [-0.4, -0.2) is 18.4 Å². The van der Waals surface area contributed by atoms with Gasteiger partial charge in [0.1, 0.15) is 12.0 Å². The molecule has 0 spiro atoms. The molecule has 0 amide bonds. The molecule has 0 aromatic rings. The molecule has 0 heterocycles. The Morgan fingerprint density at radius 1 is 1.32 bits per heavy atom. The molecule has 0 fully saturated rings. The molecule has 3 heteroatoms. The summed E-state index contributed by atoms with van der Waals surface area (Å²) in [4.78, 5) is 4.09. The molecule has 19 heavy (non-hydrogen) atoms. The van der Waals surface area contributed by atoms with Crippen molar-refractivity contribution in [3.05, 3.63) is 47.4 Å². The molecule has 0 aromatic carbocycles. The number of aliphatic imine (C=N–C) groups is 1. The summed E-state index contributed by atoms with van der Waals surface area (Å²) >= 11 is 0. The van der Waals surface area contributed by atoms with E-state index in [4.69, 9.17) is 0 Å². The minimum atomic E-state index is -1.27. The standard InChI is InChI=1S/C16H19F2N/c1-16(2,19-3)12-9-7-11(8-10-12)15-13(17)5-4-6-14(15)18/h4-7,10,13,15H,3,8-9H2,1-2H3. The molecular formula is C16H19F2N. The fourth-order valence-corrected chi connectivity index (χ4v) is 2.51. The van der Waals surface area contributed by atoms with E-state index >= 15 is 0 Å². The first kappa shape index (κ1) is 13.9. The van der Waals surface area contributed by atoms with Crippen LogP contribution in [0.1, 0.15) is 26.7 Å². The molecule has 2 rings (SSSR count). The van der Waals surface area contributed by atoms with Crippen molar-refractivity contribution in [2.45, 2.75) is 38.4 Å². The molecule has 2 atom stereocenters. The first-order valence-electron chi connectivity index (χ1n) is 6.50. The van der Waals surface area contributed by atoms with Crippen LogP contribution in [0.15, 0.2) is 52.3 Å². The van der Waals surface area contributed by atoms with Crippen molar-refractivity contribution in [1.82, 2.24) is 0 Å². The maximum absolute atomic E-state index is 13.8. The molecule has 0 saturated heterocycles. The van der Waals surface area contributed by atoms with Gasteiger partial charge in [-0.05, 0) is 51.1 Å². The third kappa shape index (κ3) is 2.75. The molecule has 0 N–H and O–H groups in total. The summed E-state index contributed by atoms with van der Waals surface area (Å²) in [5.74, 6) is -1.14. The number of halogens is 2. The lowest BCUT2D eigenvalue weighted by molar-refractivity contribution is 0.300. The van der Waals surface area contributed by atoms with Gasteiger partial charge in [-0.2, -0.15) is 0 Å². The van der Waals surface area contributed by atoms with Crippen molar-refractivity contribution >= 4 is 6.72 Å². The second-order valence-electron chi connectivity index (χ2n) is 5.49. The van der Waals surface area contributed by atoms with Gasteiger partial charge >= 0.3 is 0 Å². The highest BCUT2D eigenvalue weighted by Crippen LogP contribution is 2.37. The van der Waals surface area contributed by atoms with E-state index in [0.29, 0.717) is 12.8 Å². The van der Waals surface area contributed by atoms with Gasteiger partial charge in [-0.25, -0.2) is 8.78 Å². The van der Waals surface area contributed by atoms with Crippen LogP contribution in [0.25, 0.3) is 0 Å². The lowest BCUT2D eigenvalue weighted by atomic mass is 9.80. The molecule has 102 valence electrons. The van der Waals surface area contributed by atoms with Crippen LogP contribution in [0.3, 0.4) is 0 Å². The Bertz CT molecular complexity index is 495. The highest BCUT2D eigenvalue weighted by molar-refractivity contribution is 5.38. The molecule has 0 saturated carbocycles. The van der Waals surface area contributed by atoms with Gasteiger partial charge in [-0.3, -0.25) is 4.99 Å². The minimum absolute atomic E-state index is 0.308. The van der Waals surface area contributed by atoms with Gasteiger partial charge in [-0.15, -0.1) is 0 Å². The monoisotopic (exact) mass is 263 g/mol. The van der Waals surface area contributed by atoms with Crippen molar-refractivity contribution in [3.63, 3.8) is 0 Å². The first-order chi connectivity index (χ1) is 8.95. The number of rotatable bonds is 3. The van der Waals surface area contributed by atoms with E-state index in [1.807, 2.05) is 26.0 Å². The molecule has 0 aromatic heterocycles. The van der Waals surface area contributed by atoms with E-state index < -0.39 is 12.1 Å². The van der Waals surface area contributed by atoms with Crippen LogP contribution in [0.5, 0.6) is 0 Å². The molecule has 0 bridgehead atoms. The number of hydrogen-bond donors (Lipinski definition) is 0. The Kier molecular flexibility index (Phi) is 3.83. The molecule has 0 aliphatic heterocycles. The highest BCUT2D eigenvalue weighted by Gasteiger charge is 2.31. The molecule has 0 radical (unpaired) electrons. The summed E-state index contributed by atoms with van der Waals surface area (Å²) in [6.07, 6.45) is 8.15. The van der Waals surface area contributed by atoms with Crippen molar-refractivity contribution in [2.75, 3.05) is 0 Å². The fourth-order valence-electron chi connectivity index (χ4n) is 2.51. The molecular weight excluding hydrogens is 244 g/mol. The van der Waals surface area contributed by atoms with Crippen LogP contribution >= 0.6 is 0 Å². The second kappa shape index (κ2) is 5.24. The zero-order valence-corrected chi connectivity index (χ0v) is 11.4. The second-order valence-corrected chi connectivity index (χ2v) is 5.49. The van der Waals surface area contributed by atoms with E-state index in [-0.39, 0.29) is 11.4 Å². The Morgan fingerprint density at radius 3 is 2.58 bits per heavy atom. The summed E-state index contributed by atoms with van der Waals surface area (Å²) in [7, 11) is 0. The highest BCUT2D eigenvalue weighted by atomic mass is 19.1. The first-order valence-corrected chi connectivity index (χ1v) is 6.50. The predicted molar refractivity (Wildman–Crippen MR) is 75.7 cm³/mol. The van der Waals surface area contributed by atoms with Crippen LogP contribution in [0, 0.1) is 5.92 Å². The number of hydrogen-bond acceptors (Lipinski definition) is 1. The zero-order valence-electron chi connectivity index (χ0n) is 11.4. The van der Waals surface area contributed by atoms with Crippen LogP contribution < -0.4 is 0 Å². The Morgan fingerprint density at radius 2 is 2.05 bits per heavy atom. The van der Waals surface area contributed by atoms with Crippen molar-refractivity contribution in [2.24, 2.45) is 10.9 Å². The zero-order chi connectivity index (χ0) is 14.0. The predicted octanol–water partition coefficient (Wildman–Crippen LogP) is 4.49. The topological polar surface area (TPSA) is 12.4 Å². The quantitative estimate of drug-likeness (QED) is 0.525. The van der Waals surface area contributed by atoms with Gasteiger partial charge in [-0.1, -0.05) is 23.8 Å². The molecule has 2 unspecified atom stereocenters. The van der Waals surface area contributed by atoms with Crippen LogP contribution in [0.4, 0.5) is 8.78 Å². The molecule has 1 nitrogen and oxygen atoms in total. The van der Waals surface area contributed by atoms with E-state index in [0.717, 1.165) is 11.1 Å². The molecule has 2 aliphatic rings. The minimum Gasteiger partial charge on any atom is -0.290 e. The van der Waals surface area contributed by atoms with Gasteiger partial charge in [0, 0.05) is 0 Å². The molecule has 2 aliphatic carbocycles. The van der Waals surface area contributed by atoms with Crippen LogP contribution in [0.2, 0.25) is 0 Å². The average molecular weight is 263 g/mol. The normalized spacial score (nSPS) is 27.5. The number of nitrogens with zero attached hydrogens (tertiary/aromatic N) is 1. The summed E-state index contributed by atoms with van der Waals surface area (Å²) < 4.78 is 27.6. The summed E-state index contributed by atoms with van der Waals surface area (Å²) in [6.45, 7) is 7.58. The largest absolute Gasteiger partial charge is 0.290 e. The SMILES string of the molecule is C=NC(C)(C)C1=CCC(C2C(F)=CC=CC2F)=CC1. The Labute approximate surface area is 113 Å². The van der Waals surface area contributed by atoms with E-state index in [9.17, 15) is 8.78 Å². The number of alkyl halides is 1. The van der Waals surface area contributed by atoms with Crippen molar-refractivity contribution < 1.29 is 8.78 Å². The van der Waals surface area contributed by atoms with Gasteiger partial charge in [0.25, 0.3) is 0 Å². The summed E-state index contributed by atoms with van der Waals surface area (Å²) in [6, 6.07) is 0. The Hall–Kier alpha value is -1.51. The van der Waals surface area contributed by atoms with Gasteiger partial charge in [0.05, 0.1) is 11.5 Å². The van der Waals surface area contributed by atoms with E-state index in [1.54, 1.807) is 0 Å². The van der Waals surface area contributed by atoms with Gasteiger partial charge in [0.2, 0.25) is 0 Å². The van der Waals surface area contributed by atoms with Crippen molar-refractivity contribution in [1.29, 1.82) is 0 Å². The van der Waals surface area contributed by atoms with Gasteiger partial charge < -0.3 is 0 Å². The third-order valence-corrected chi connectivity index (χ3v) is 3.91. The van der Waals surface area contributed by atoms with E-state index in [1.165, 1.54) is 18.2 Å². The number of allylic oxidation sites excluding steroid dienone is 7. The smallest absolute Gasteiger partial charge is 0.131 e. The average Bonchev–Trinajstić information content (AvgIpc) is 2.39. The Balaban J connectivity index is 2.14.